The standard InChI is InChI=1S/C15H14O7/c1-2-9-7(5-11(18)21-9)15-14(20)13(19)12-8(17)3-6(16)4-10(12)22-15/h3-5,9,14-17,20H,2H2,1H3. The molecule has 0 fully saturated rings. The minimum atomic E-state index is -1.57. The number of ketones is 1. The summed E-state index contributed by atoms with van der Waals surface area (Å²) in [5.74, 6) is -2.10. The average molecular weight is 306 g/mol. The molecular formula is C15H14O7. The van der Waals surface area contributed by atoms with E-state index in [2.05, 4.69) is 0 Å². The molecule has 2 aliphatic heterocycles. The van der Waals surface area contributed by atoms with Crippen LogP contribution in [-0.4, -0.2) is 45.4 Å². The highest BCUT2D eigenvalue weighted by atomic mass is 16.6. The lowest BCUT2D eigenvalue weighted by Crippen LogP contribution is -2.45. The fraction of sp³-hybridized carbons (Fsp3) is 0.333. The normalized spacial score (nSPS) is 27.0. The Kier molecular flexibility index (Phi) is 3.29. The Balaban J connectivity index is 2.04. The van der Waals surface area contributed by atoms with E-state index in [1.54, 1.807) is 6.92 Å². The molecule has 3 N–H and O–H groups in total. The van der Waals surface area contributed by atoms with E-state index in [0.29, 0.717) is 12.0 Å². The van der Waals surface area contributed by atoms with Gasteiger partial charge >= 0.3 is 5.97 Å². The Morgan fingerprint density at radius 2 is 1.91 bits per heavy atom. The average Bonchev–Trinajstić information content (AvgIpc) is 2.83. The Morgan fingerprint density at radius 3 is 2.59 bits per heavy atom. The second-order valence-electron chi connectivity index (χ2n) is 5.16. The smallest absolute Gasteiger partial charge is 0.331 e. The van der Waals surface area contributed by atoms with Crippen LogP contribution in [-0.2, 0) is 9.53 Å². The summed E-state index contributed by atoms with van der Waals surface area (Å²) in [6, 6.07) is 2.16. The molecule has 0 amide bonds. The van der Waals surface area contributed by atoms with E-state index in [9.17, 15) is 24.9 Å². The number of aliphatic hydroxyl groups excluding tert-OH is 1. The number of rotatable bonds is 2. The number of hydrogen-bond acceptors (Lipinski definition) is 7. The highest BCUT2D eigenvalue weighted by Crippen LogP contribution is 2.40. The molecule has 116 valence electrons. The first kappa shape index (κ1) is 14.4. The largest absolute Gasteiger partial charge is 0.508 e. The van der Waals surface area contributed by atoms with Gasteiger partial charge in [-0.15, -0.1) is 0 Å². The van der Waals surface area contributed by atoms with Crippen LogP contribution >= 0.6 is 0 Å². The molecule has 2 aliphatic rings. The predicted molar refractivity (Wildman–Crippen MR) is 72.8 cm³/mol. The van der Waals surface area contributed by atoms with Gasteiger partial charge in [0.15, 0.2) is 12.2 Å². The topological polar surface area (TPSA) is 113 Å². The molecular weight excluding hydrogens is 292 g/mol. The summed E-state index contributed by atoms with van der Waals surface area (Å²) < 4.78 is 10.6. The highest BCUT2D eigenvalue weighted by Gasteiger charge is 2.44. The maximum atomic E-state index is 12.3. The molecule has 3 rings (SSSR count). The number of phenolic OH excluding ortho intramolecular Hbond substituents is 2. The number of aromatic hydroxyl groups is 2. The van der Waals surface area contributed by atoms with Crippen molar-refractivity contribution in [3.05, 3.63) is 29.3 Å². The first-order valence-electron chi connectivity index (χ1n) is 6.79. The third kappa shape index (κ3) is 2.10. The molecule has 0 spiro atoms. The number of Topliss-reactive ketones (excluding diaryl/α,β-unsaturated/α-hetero) is 1. The molecule has 0 bridgehead atoms. The minimum absolute atomic E-state index is 0.0482. The number of hydrogen-bond donors (Lipinski definition) is 3. The van der Waals surface area contributed by atoms with Crippen molar-refractivity contribution in [2.24, 2.45) is 0 Å². The van der Waals surface area contributed by atoms with Gasteiger partial charge in [-0.2, -0.15) is 0 Å². The summed E-state index contributed by atoms with van der Waals surface area (Å²) in [4.78, 5) is 23.7. The van der Waals surface area contributed by atoms with Crippen LogP contribution in [0.5, 0.6) is 17.2 Å². The number of cyclic esters (lactones) is 1. The van der Waals surface area contributed by atoms with Crippen molar-refractivity contribution in [3.8, 4) is 17.2 Å². The SMILES string of the molecule is CCC1OC(=O)C=C1C1Oc2cc(O)cc(O)c2C(=O)C1O. The van der Waals surface area contributed by atoms with Crippen LogP contribution in [0.1, 0.15) is 23.7 Å². The maximum Gasteiger partial charge on any atom is 0.331 e. The van der Waals surface area contributed by atoms with Gasteiger partial charge in [0, 0.05) is 23.8 Å². The summed E-state index contributed by atoms with van der Waals surface area (Å²) in [5, 5.41) is 29.4. The van der Waals surface area contributed by atoms with Gasteiger partial charge in [-0.3, -0.25) is 4.79 Å². The zero-order valence-corrected chi connectivity index (χ0v) is 11.6. The Bertz CT molecular complexity index is 691. The lowest BCUT2D eigenvalue weighted by atomic mass is 9.90. The van der Waals surface area contributed by atoms with Crippen LogP contribution in [0.4, 0.5) is 0 Å². The molecule has 7 nitrogen and oxygen atoms in total. The molecule has 0 radical (unpaired) electrons. The van der Waals surface area contributed by atoms with Gasteiger partial charge < -0.3 is 24.8 Å². The molecule has 0 aromatic heterocycles. The Hall–Kier alpha value is -2.54. The van der Waals surface area contributed by atoms with Crippen LogP contribution in [0.2, 0.25) is 0 Å². The second kappa shape index (κ2) is 5.03. The number of carbonyl (C=O) groups excluding carboxylic acids is 2. The third-order valence-corrected chi connectivity index (χ3v) is 3.74. The fourth-order valence-corrected chi connectivity index (χ4v) is 2.72. The molecule has 0 aliphatic carbocycles. The lowest BCUT2D eigenvalue weighted by molar-refractivity contribution is -0.139. The van der Waals surface area contributed by atoms with Crippen LogP contribution < -0.4 is 4.74 Å². The van der Waals surface area contributed by atoms with Crippen molar-refractivity contribution in [3.63, 3.8) is 0 Å². The van der Waals surface area contributed by atoms with Gasteiger partial charge in [0.05, 0.1) is 0 Å². The summed E-state index contributed by atoms with van der Waals surface area (Å²) in [6.07, 6.45) is -1.58. The summed E-state index contributed by atoms with van der Waals surface area (Å²) >= 11 is 0. The zero-order valence-electron chi connectivity index (χ0n) is 11.6. The third-order valence-electron chi connectivity index (χ3n) is 3.74. The monoisotopic (exact) mass is 306 g/mol. The molecule has 7 heteroatoms. The van der Waals surface area contributed by atoms with E-state index in [1.807, 2.05) is 0 Å². The molecule has 0 saturated carbocycles. The van der Waals surface area contributed by atoms with Gasteiger partial charge in [-0.1, -0.05) is 6.92 Å². The first-order chi connectivity index (χ1) is 10.4. The second-order valence-corrected chi connectivity index (χ2v) is 5.16. The zero-order chi connectivity index (χ0) is 16.0. The van der Waals surface area contributed by atoms with E-state index >= 15 is 0 Å². The molecule has 1 aromatic rings. The fourth-order valence-electron chi connectivity index (χ4n) is 2.72. The van der Waals surface area contributed by atoms with Crippen molar-refractivity contribution >= 4 is 11.8 Å². The van der Waals surface area contributed by atoms with Gasteiger partial charge in [0.1, 0.15) is 28.9 Å². The highest BCUT2D eigenvalue weighted by molar-refractivity contribution is 6.06. The van der Waals surface area contributed by atoms with E-state index in [1.165, 1.54) is 12.1 Å². The van der Waals surface area contributed by atoms with E-state index in [4.69, 9.17) is 9.47 Å². The molecule has 3 atom stereocenters. The molecule has 22 heavy (non-hydrogen) atoms. The number of esters is 1. The molecule has 0 saturated heterocycles. The van der Waals surface area contributed by atoms with Crippen molar-refractivity contribution in [1.29, 1.82) is 0 Å². The number of phenols is 2. The number of ether oxygens (including phenoxy) is 2. The minimum Gasteiger partial charge on any atom is -0.508 e. The van der Waals surface area contributed by atoms with E-state index in [-0.39, 0.29) is 17.1 Å². The lowest BCUT2D eigenvalue weighted by Gasteiger charge is -2.31. The summed E-state index contributed by atoms with van der Waals surface area (Å²) in [5.41, 5.74) is 0.169. The Morgan fingerprint density at radius 1 is 1.18 bits per heavy atom. The quantitative estimate of drug-likeness (QED) is 0.688. The van der Waals surface area contributed by atoms with Crippen molar-refractivity contribution in [2.45, 2.75) is 31.7 Å². The van der Waals surface area contributed by atoms with Crippen molar-refractivity contribution in [2.75, 3.05) is 0 Å². The Labute approximate surface area is 125 Å². The van der Waals surface area contributed by atoms with Gasteiger partial charge in [0.2, 0.25) is 5.78 Å². The molecule has 2 heterocycles. The van der Waals surface area contributed by atoms with Gasteiger partial charge in [-0.25, -0.2) is 4.79 Å². The van der Waals surface area contributed by atoms with Crippen LogP contribution in [0.15, 0.2) is 23.8 Å². The van der Waals surface area contributed by atoms with Gasteiger partial charge in [0.25, 0.3) is 0 Å². The van der Waals surface area contributed by atoms with Crippen LogP contribution in [0, 0.1) is 0 Å². The predicted octanol–water partition coefficient (Wildman–Crippen LogP) is 0.664. The summed E-state index contributed by atoms with van der Waals surface area (Å²) in [6.45, 7) is 1.79. The number of aliphatic hydroxyl groups is 1. The number of carbonyl (C=O) groups is 2. The van der Waals surface area contributed by atoms with Crippen molar-refractivity contribution in [1.82, 2.24) is 0 Å². The maximum absolute atomic E-state index is 12.3. The van der Waals surface area contributed by atoms with Crippen LogP contribution in [0.25, 0.3) is 0 Å². The van der Waals surface area contributed by atoms with Gasteiger partial charge in [-0.05, 0) is 6.42 Å². The number of fused-ring (bicyclic) bond motifs is 1. The van der Waals surface area contributed by atoms with Crippen molar-refractivity contribution < 1.29 is 34.4 Å². The summed E-state index contributed by atoms with van der Waals surface area (Å²) in [7, 11) is 0. The van der Waals surface area contributed by atoms with E-state index < -0.39 is 35.8 Å². The van der Waals surface area contributed by atoms with E-state index in [0.717, 1.165) is 6.07 Å². The number of benzene rings is 1. The molecule has 3 unspecified atom stereocenters. The molecule has 1 aromatic carbocycles. The first-order valence-corrected chi connectivity index (χ1v) is 6.79. The van der Waals surface area contributed by atoms with Crippen LogP contribution in [0.3, 0.4) is 0 Å².